The topological polar surface area (TPSA) is 43.9 Å². The standard InChI is InChI=1S/C22H26ClN3O2/c1-3-24(2)20(17-7-5-4-6-8-17)22(28)26-15-13-25(14-16-26)21(27)18-9-11-19(23)12-10-18/h4-12,20H,3,13-16H2,1-2H3. The fourth-order valence-electron chi connectivity index (χ4n) is 3.48. The lowest BCUT2D eigenvalue weighted by atomic mass is 10.0. The average molecular weight is 400 g/mol. The second-order valence-electron chi connectivity index (χ2n) is 7.01. The molecular weight excluding hydrogens is 374 g/mol. The summed E-state index contributed by atoms with van der Waals surface area (Å²) >= 11 is 5.90. The van der Waals surface area contributed by atoms with Crippen LogP contribution in [0.25, 0.3) is 0 Å². The van der Waals surface area contributed by atoms with Crippen molar-refractivity contribution in [3.63, 3.8) is 0 Å². The van der Waals surface area contributed by atoms with Crippen LogP contribution in [-0.4, -0.2) is 66.3 Å². The first-order chi connectivity index (χ1) is 13.5. The maximum Gasteiger partial charge on any atom is 0.253 e. The molecule has 1 fully saturated rings. The molecule has 1 heterocycles. The summed E-state index contributed by atoms with van der Waals surface area (Å²) in [5.74, 6) is 0.0724. The lowest BCUT2D eigenvalue weighted by Crippen LogP contribution is -2.53. The maximum absolute atomic E-state index is 13.2. The van der Waals surface area contributed by atoms with Crippen LogP contribution in [0.3, 0.4) is 0 Å². The number of nitrogens with zero attached hydrogens (tertiary/aromatic N) is 3. The highest BCUT2D eigenvalue weighted by Gasteiger charge is 2.31. The van der Waals surface area contributed by atoms with Gasteiger partial charge in [0.05, 0.1) is 0 Å². The zero-order valence-corrected chi connectivity index (χ0v) is 17.1. The van der Waals surface area contributed by atoms with Crippen molar-refractivity contribution in [3.05, 3.63) is 70.7 Å². The third kappa shape index (κ3) is 4.54. The van der Waals surface area contributed by atoms with Crippen LogP contribution in [0.4, 0.5) is 0 Å². The lowest BCUT2D eigenvalue weighted by Gasteiger charge is -2.38. The number of carbonyl (C=O) groups excluding carboxylic acids is 2. The Hall–Kier alpha value is -2.37. The molecule has 0 spiro atoms. The van der Waals surface area contributed by atoms with E-state index < -0.39 is 0 Å². The predicted molar refractivity (Wildman–Crippen MR) is 111 cm³/mol. The highest BCUT2D eigenvalue weighted by Crippen LogP contribution is 2.23. The molecule has 2 aromatic rings. The summed E-state index contributed by atoms with van der Waals surface area (Å²) in [6.45, 7) is 4.97. The van der Waals surface area contributed by atoms with E-state index >= 15 is 0 Å². The minimum Gasteiger partial charge on any atom is -0.337 e. The van der Waals surface area contributed by atoms with E-state index in [4.69, 9.17) is 11.6 Å². The molecule has 2 amide bonds. The molecule has 0 N–H and O–H groups in total. The molecule has 0 bridgehead atoms. The first kappa shape index (κ1) is 20.4. The minimum absolute atomic E-state index is 0.0194. The summed E-state index contributed by atoms with van der Waals surface area (Å²) < 4.78 is 0. The fraction of sp³-hybridized carbons (Fsp3) is 0.364. The van der Waals surface area contributed by atoms with Gasteiger partial charge >= 0.3 is 0 Å². The molecule has 0 aromatic heterocycles. The molecule has 148 valence electrons. The van der Waals surface area contributed by atoms with Crippen LogP contribution in [0.5, 0.6) is 0 Å². The van der Waals surface area contributed by atoms with E-state index in [2.05, 4.69) is 4.90 Å². The third-order valence-electron chi connectivity index (χ3n) is 5.26. The first-order valence-electron chi connectivity index (χ1n) is 9.60. The number of halogens is 1. The molecular formula is C22H26ClN3O2. The maximum atomic E-state index is 13.2. The molecule has 0 radical (unpaired) electrons. The van der Waals surface area contributed by atoms with E-state index in [0.29, 0.717) is 36.8 Å². The van der Waals surface area contributed by atoms with Crippen LogP contribution in [-0.2, 0) is 4.79 Å². The molecule has 1 unspecified atom stereocenters. The number of hydrogen-bond acceptors (Lipinski definition) is 3. The Balaban J connectivity index is 1.66. The van der Waals surface area contributed by atoms with Crippen molar-refractivity contribution in [2.45, 2.75) is 13.0 Å². The van der Waals surface area contributed by atoms with Crippen LogP contribution in [0.1, 0.15) is 28.9 Å². The zero-order valence-electron chi connectivity index (χ0n) is 16.3. The van der Waals surface area contributed by atoms with E-state index in [1.807, 2.05) is 49.2 Å². The number of rotatable bonds is 5. The molecule has 28 heavy (non-hydrogen) atoms. The smallest absolute Gasteiger partial charge is 0.253 e. The van der Waals surface area contributed by atoms with Gasteiger partial charge < -0.3 is 9.80 Å². The molecule has 0 aliphatic carbocycles. The van der Waals surface area contributed by atoms with Crippen LogP contribution in [0.2, 0.25) is 5.02 Å². The summed E-state index contributed by atoms with van der Waals surface area (Å²) in [4.78, 5) is 31.6. The lowest BCUT2D eigenvalue weighted by molar-refractivity contribution is -0.138. The Bertz CT molecular complexity index is 802. The summed E-state index contributed by atoms with van der Waals surface area (Å²) in [5.41, 5.74) is 1.62. The number of likely N-dealkylation sites (N-methyl/N-ethyl adjacent to an activating group) is 1. The number of piperazine rings is 1. The van der Waals surface area contributed by atoms with Crippen molar-refractivity contribution >= 4 is 23.4 Å². The van der Waals surface area contributed by atoms with E-state index in [9.17, 15) is 9.59 Å². The highest BCUT2D eigenvalue weighted by molar-refractivity contribution is 6.30. The fourth-order valence-corrected chi connectivity index (χ4v) is 3.61. The Morgan fingerprint density at radius 1 is 0.964 bits per heavy atom. The Labute approximate surface area is 171 Å². The Kier molecular flexibility index (Phi) is 6.70. The van der Waals surface area contributed by atoms with Crippen molar-refractivity contribution in [1.82, 2.24) is 14.7 Å². The van der Waals surface area contributed by atoms with Gasteiger partial charge in [-0.15, -0.1) is 0 Å². The van der Waals surface area contributed by atoms with E-state index in [0.717, 1.165) is 12.1 Å². The van der Waals surface area contributed by atoms with Crippen molar-refractivity contribution in [3.8, 4) is 0 Å². The van der Waals surface area contributed by atoms with Gasteiger partial charge in [0.2, 0.25) is 5.91 Å². The van der Waals surface area contributed by atoms with Gasteiger partial charge in [-0.25, -0.2) is 0 Å². The second-order valence-corrected chi connectivity index (χ2v) is 7.45. The van der Waals surface area contributed by atoms with Gasteiger partial charge in [0, 0.05) is 36.8 Å². The van der Waals surface area contributed by atoms with Gasteiger partial charge in [-0.3, -0.25) is 14.5 Å². The summed E-state index contributed by atoms with van der Waals surface area (Å²) in [6.07, 6.45) is 0. The van der Waals surface area contributed by atoms with Gasteiger partial charge in [0.15, 0.2) is 0 Å². The summed E-state index contributed by atoms with van der Waals surface area (Å²) in [7, 11) is 1.97. The zero-order chi connectivity index (χ0) is 20.1. The van der Waals surface area contributed by atoms with Crippen LogP contribution < -0.4 is 0 Å². The quantitative estimate of drug-likeness (QED) is 0.774. The normalized spacial score (nSPS) is 15.6. The third-order valence-corrected chi connectivity index (χ3v) is 5.51. The van der Waals surface area contributed by atoms with Crippen molar-refractivity contribution < 1.29 is 9.59 Å². The van der Waals surface area contributed by atoms with Crippen molar-refractivity contribution in [2.75, 3.05) is 39.8 Å². The minimum atomic E-state index is -0.301. The molecule has 1 atom stereocenters. The predicted octanol–water partition coefficient (Wildman–Crippen LogP) is 3.32. The molecule has 3 rings (SSSR count). The largest absolute Gasteiger partial charge is 0.337 e. The van der Waals surface area contributed by atoms with E-state index in [-0.39, 0.29) is 17.9 Å². The van der Waals surface area contributed by atoms with Crippen LogP contribution in [0, 0.1) is 0 Å². The second kappa shape index (κ2) is 9.22. The molecule has 1 saturated heterocycles. The first-order valence-corrected chi connectivity index (χ1v) is 9.98. The molecule has 2 aromatic carbocycles. The van der Waals surface area contributed by atoms with E-state index in [1.54, 1.807) is 29.2 Å². The summed E-state index contributed by atoms with van der Waals surface area (Å²) in [6, 6.07) is 16.5. The van der Waals surface area contributed by atoms with Crippen LogP contribution in [0.15, 0.2) is 54.6 Å². The average Bonchev–Trinajstić information content (AvgIpc) is 2.74. The number of hydrogen-bond donors (Lipinski definition) is 0. The van der Waals surface area contributed by atoms with Gasteiger partial charge in [-0.2, -0.15) is 0 Å². The number of benzene rings is 2. The summed E-state index contributed by atoms with van der Waals surface area (Å²) in [5, 5.41) is 0.610. The monoisotopic (exact) mass is 399 g/mol. The number of amides is 2. The molecule has 5 nitrogen and oxygen atoms in total. The molecule has 1 aliphatic heterocycles. The number of carbonyl (C=O) groups is 2. The van der Waals surface area contributed by atoms with Gasteiger partial charge in [-0.1, -0.05) is 48.9 Å². The molecule has 6 heteroatoms. The van der Waals surface area contributed by atoms with Crippen molar-refractivity contribution in [2.24, 2.45) is 0 Å². The SMILES string of the molecule is CCN(C)C(C(=O)N1CCN(C(=O)c2ccc(Cl)cc2)CC1)c1ccccc1. The van der Waals surface area contributed by atoms with Crippen LogP contribution >= 0.6 is 11.6 Å². The Morgan fingerprint density at radius 2 is 1.54 bits per heavy atom. The van der Waals surface area contributed by atoms with Gasteiger partial charge in [0.1, 0.15) is 6.04 Å². The van der Waals surface area contributed by atoms with Gasteiger partial charge in [0.25, 0.3) is 5.91 Å². The highest BCUT2D eigenvalue weighted by atomic mass is 35.5. The Morgan fingerprint density at radius 3 is 2.11 bits per heavy atom. The van der Waals surface area contributed by atoms with Crippen molar-refractivity contribution in [1.29, 1.82) is 0 Å². The molecule has 0 saturated carbocycles. The van der Waals surface area contributed by atoms with Gasteiger partial charge in [-0.05, 0) is 43.4 Å². The molecule has 1 aliphatic rings. The van der Waals surface area contributed by atoms with E-state index in [1.165, 1.54) is 0 Å².